The van der Waals surface area contributed by atoms with E-state index in [1.165, 1.54) is 24.3 Å². The number of hydrogen-bond donors (Lipinski definition) is 2. The van der Waals surface area contributed by atoms with E-state index in [9.17, 15) is 13.2 Å². The quantitative estimate of drug-likeness (QED) is 0.829. The van der Waals surface area contributed by atoms with Gasteiger partial charge in [0, 0.05) is 29.8 Å². The Balaban J connectivity index is 1.70. The number of anilines is 2. The van der Waals surface area contributed by atoms with Gasteiger partial charge in [0.25, 0.3) is 10.0 Å². The summed E-state index contributed by atoms with van der Waals surface area (Å²) in [6.07, 6.45) is 2.33. The van der Waals surface area contributed by atoms with E-state index in [-0.39, 0.29) is 9.77 Å². The van der Waals surface area contributed by atoms with Crippen LogP contribution in [0.25, 0.3) is 0 Å². The first kappa shape index (κ1) is 17.8. The Morgan fingerprint density at radius 1 is 1.24 bits per heavy atom. The Bertz CT molecular complexity index is 851. The van der Waals surface area contributed by atoms with Crippen LogP contribution in [0.3, 0.4) is 0 Å². The molecule has 1 aliphatic rings. The Labute approximate surface area is 151 Å². The third-order valence-corrected chi connectivity index (χ3v) is 7.18. The second-order valence-corrected chi connectivity index (χ2v) is 9.10. The van der Waals surface area contributed by atoms with E-state index in [1.807, 2.05) is 12.1 Å². The number of aromatic carboxylic acids is 1. The Kier molecular flexibility index (Phi) is 5.01. The van der Waals surface area contributed by atoms with Gasteiger partial charge in [-0.05, 0) is 49.1 Å². The standard InChI is InChI=1S/C17H20N2O4S2/c1-12-6-8-19(9-7-12)15-4-2-14(3-5-15)18-25(22,23)16-10-13(11-24-16)17(20)21/h2-5,10-12,18H,6-9H2,1H3,(H,20,21). The van der Waals surface area contributed by atoms with Gasteiger partial charge in [-0.2, -0.15) is 0 Å². The van der Waals surface area contributed by atoms with Crippen molar-refractivity contribution in [1.29, 1.82) is 0 Å². The zero-order valence-corrected chi connectivity index (χ0v) is 15.4. The second kappa shape index (κ2) is 7.05. The van der Waals surface area contributed by atoms with Crippen molar-refractivity contribution in [3.05, 3.63) is 41.3 Å². The minimum Gasteiger partial charge on any atom is -0.478 e. The summed E-state index contributed by atoms with van der Waals surface area (Å²) in [4.78, 5) is 13.2. The molecule has 25 heavy (non-hydrogen) atoms. The molecule has 1 aromatic carbocycles. The molecule has 6 nitrogen and oxygen atoms in total. The van der Waals surface area contributed by atoms with Gasteiger partial charge in [0.05, 0.1) is 5.56 Å². The molecule has 2 aromatic rings. The van der Waals surface area contributed by atoms with Gasteiger partial charge in [-0.3, -0.25) is 4.72 Å². The molecule has 2 heterocycles. The van der Waals surface area contributed by atoms with E-state index < -0.39 is 16.0 Å². The number of sulfonamides is 1. The highest BCUT2D eigenvalue weighted by molar-refractivity contribution is 7.94. The second-order valence-electron chi connectivity index (χ2n) is 6.28. The Morgan fingerprint density at radius 3 is 2.44 bits per heavy atom. The minimum absolute atomic E-state index is 0.0148. The number of benzene rings is 1. The summed E-state index contributed by atoms with van der Waals surface area (Å²) < 4.78 is 27.2. The molecule has 0 amide bonds. The van der Waals surface area contributed by atoms with Crippen LogP contribution in [0.1, 0.15) is 30.1 Å². The number of hydrogen-bond acceptors (Lipinski definition) is 5. The number of piperidine rings is 1. The number of carboxylic acid groups (broad SMARTS) is 1. The number of thiophene rings is 1. The lowest BCUT2D eigenvalue weighted by molar-refractivity contribution is 0.0697. The summed E-state index contributed by atoms with van der Waals surface area (Å²) in [5.74, 6) is -0.387. The summed E-state index contributed by atoms with van der Waals surface area (Å²) in [5.41, 5.74) is 1.51. The molecule has 0 bridgehead atoms. The van der Waals surface area contributed by atoms with Crippen molar-refractivity contribution in [2.75, 3.05) is 22.7 Å². The lowest BCUT2D eigenvalue weighted by Gasteiger charge is -2.32. The van der Waals surface area contributed by atoms with Gasteiger partial charge in [0.15, 0.2) is 0 Å². The highest BCUT2D eigenvalue weighted by Crippen LogP contribution is 2.26. The van der Waals surface area contributed by atoms with E-state index in [0.717, 1.165) is 36.0 Å². The molecule has 1 saturated heterocycles. The van der Waals surface area contributed by atoms with Gasteiger partial charge in [-0.1, -0.05) is 6.92 Å². The van der Waals surface area contributed by atoms with Crippen LogP contribution in [0.2, 0.25) is 0 Å². The maximum atomic E-state index is 12.4. The molecule has 0 spiro atoms. The van der Waals surface area contributed by atoms with Crippen LogP contribution in [-0.4, -0.2) is 32.6 Å². The smallest absolute Gasteiger partial charge is 0.336 e. The maximum absolute atomic E-state index is 12.4. The van der Waals surface area contributed by atoms with Crippen molar-refractivity contribution < 1.29 is 18.3 Å². The summed E-state index contributed by atoms with van der Waals surface area (Å²) in [6, 6.07) is 8.45. The van der Waals surface area contributed by atoms with E-state index >= 15 is 0 Å². The molecule has 3 rings (SSSR count). The number of rotatable bonds is 5. The minimum atomic E-state index is -3.78. The summed E-state index contributed by atoms with van der Waals surface area (Å²) in [6.45, 7) is 4.29. The predicted molar refractivity (Wildman–Crippen MR) is 99.1 cm³/mol. The zero-order valence-electron chi connectivity index (χ0n) is 13.8. The van der Waals surface area contributed by atoms with Crippen LogP contribution in [-0.2, 0) is 10.0 Å². The largest absolute Gasteiger partial charge is 0.478 e. The number of carbonyl (C=O) groups is 1. The van der Waals surface area contributed by atoms with Crippen LogP contribution in [0, 0.1) is 5.92 Å². The first-order valence-corrected chi connectivity index (χ1v) is 10.4. The summed E-state index contributed by atoms with van der Waals surface area (Å²) in [5, 5.41) is 10.2. The summed E-state index contributed by atoms with van der Waals surface area (Å²) in [7, 11) is -3.78. The molecule has 0 radical (unpaired) electrons. The van der Waals surface area contributed by atoms with E-state index in [0.29, 0.717) is 5.69 Å². The van der Waals surface area contributed by atoms with Crippen molar-refractivity contribution in [1.82, 2.24) is 0 Å². The van der Waals surface area contributed by atoms with Crippen LogP contribution in [0.15, 0.2) is 39.9 Å². The molecular weight excluding hydrogens is 360 g/mol. The van der Waals surface area contributed by atoms with Gasteiger partial charge in [0.1, 0.15) is 4.21 Å². The third kappa shape index (κ3) is 4.13. The first-order valence-electron chi connectivity index (χ1n) is 8.05. The highest BCUT2D eigenvalue weighted by Gasteiger charge is 2.20. The van der Waals surface area contributed by atoms with Gasteiger partial charge in [-0.15, -0.1) is 11.3 Å². The molecule has 134 valence electrons. The molecule has 0 atom stereocenters. The molecule has 0 unspecified atom stereocenters. The van der Waals surface area contributed by atoms with E-state index in [2.05, 4.69) is 16.5 Å². The van der Waals surface area contributed by atoms with Crippen molar-refractivity contribution in [3.63, 3.8) is 0 Å². The summed E-state index contributed by atoms with van der Waals surface area (Å²) >= 11 is 0.891. The van der Waals surface area contributed by atoms with Crippen molar-refractivity contribution >= 4 is 38.7 Å². The predicted octanol–water partition coefficient (Wildman–Crippen LogP) is 3.48. The Hall–Kier alpha value is -2.06. The maximum Gasteiger partial charge on any atom is 0.336 e. The lowest BCUT2D eigenvalue weighted by atomic mass is 9.99. The van der Waals surface area contributed by atoms with Crippen molar-refractivity contribution in [2.45, 2.75) is 24.0 Å². The average Bonchev–Trinajstić information content (AvgIpc) is 3.07. The molecule has 1 aromatic heterocycles. The number of carboxylic acids is 1. The fourth-order valence-electron chi connectivity index (χ4n) is 2.78. The van der Waals surface area contributed by atoms with Gasteiger partial charge >= 0.3 is 5.97 Å². The van der Waals surface area contributed by atoms with Crippen LogP contribution in [0.4, 0.5) is 11.4 Å². The van der Waals surface area contributed by atoms with Gasteiger partial charge < -0.3 is 10.0 Å². The molecular formula is C17H20N2O4S2. The van der Waals surface area contributed by atoms with E-state index in [4.69, 9.17) is 5.11 Å². The molecule has 1 fully saturated rings. The fourth-order valence-corrected chi connectivity index (χ4v) is 4.99. The highest BCUT2D eigenvalue weighted by atomic mass is 32.2. The van der Waals surface area contributed by atoms with Crippen LogP contribution >= 0.6 is 11.3 Å². The van der Waals surface area contributed by atoms with Gasteiger partial charge in [-0.25, -0.2) is 13.2 Å². The fraction of sp³-hybridized carbons (Fsp3) is 0.353. The Morgan fingerprint density at radius 2 is 1.88 bits per heavy atom. The number of nitrogens with zero attached hydrogens (tertiary/aromatic N) is 1. The van der Waals surface area contributed by atoms with Crippen molar-refractivity contribution in [2.24, 2.45) is 5.92 Å². The lowest BCUT2D eigenvalue weighted by Crippen LogP contribution is -2.32. The monoisotopic (exact) mass is 380 g/mol. The average molecular weight is 380 g/mol. The van der Waals surface area contributed by atoms with Gasteiger partial charge in [0.2, 0.25) is 0 Å². The van der Waals surface area contributed by atoms with E-state index in [1.54, 1.807) is 12.1 Å². The zero-order chi connectivity index (χ0) is 18.0. The van der Waals surface area contributed by atoms with Crippen LogP contribution < -0.4 is 9.62 Å². The first-order chi connectivity index (χ1) is 11.8. The topological polar surface area (TPSA) is 86.7 Å². The van der Waals surface area contributed by atoms with Crippen LogP contribution in [0.5, 0.6) is 0 Å². The third-order valence-electron chi connectivity index (χ3n) is 4.36. The molecule has 1 aliphatic heterocycles. The molecule has 0 aliphatic carbocycles. The van der Waals surface area contributed by atoms with Crippen molar-refractivity contribution in [3.8, 4) is 0 Å². The normalized spacial score (nSPS) is 16.0. The molecule has 8 heteroatoms. The molecule has 0 saturated carbocycles. The molecule has 2 N–H and O–H groups in total. The SMILES string of the molecule is CC1CCN(c2ccc(NS(=O)(=O)c3cc(C(=O)O)cs3)cc2)CC1. The number of nitrogens with one attached hydrogen (secondary N) is 1.